The molecule has 0 aliphatic carbocycles. The van der Waals surface area contributed by atoms with E-state index in [1.54, 1.807) is 13.8 Å². The lowest BCUT2D eigenvalue weighted by molar-refractivity contribution is -0.147. The predicted molar refractivity (Wildman–Crippen MR) is 92.5 cm³/mol. The summed E-state index contributed by atoms with van der Waals surface area (Å²) < 4.78 is 56.6. The summed E-state index contributed by atoms with van der Waals surface area (Å²) in [6.07, 6.45) is -3.28. The molecule has 0 aliphatic heterocycles. The number of nitrogens with one attached hydrogen (secondary N) is 1. The number of amides is 1. The number of halogens is 4. The second-order valence-electron chi connectivity index (χ2n) is 7.09. The highest BCUT2D eigenvalue weighted by Crippen LogP contribution is 2.31. The van der Waals surface area contributed by atoms with Crippen LogP contribution in [0.4, 0.5) is 17.6 Å². The number of rotatable bonds is 8. The van der Waals surface area contributed by atoms with Gasteiger partial charge in [-0.1, -0.05) is 27.7 Å². The number of alkyl halides is 3. The zero-order valence-electron chi connectivity index (χ0n) is 15.8. The first-order valence-corrected chi connectivity index (χ1v) is 8.77. The molecule has 0 spiro atoms. The van der Waals surface area contributed by atoms with Gasteiger partial charge in [0.2, 0.25) is 0 Å². The van der Waals surface area contributed by atoms with Gasteiger partial charge in [0, 0.05) is 5.56 Å². The first-order chi connectivity index (χ1) is 12.4. The SMILES string of the molecule is CC(C)CCCOC(=O)C(NC(=O)c1ccc(C(F)(F)F)c(F)c1)C(C)C. The Kier molecular flexibility index (Phi) is 8.24. The van der Waals surface area contributed by atoms with Crippen molar-refractivity contribution in [1.82, 2.24) is 5.32 Å². The van der Waals surface area contributed by atoms with E-state index in [9.17, 15) is 27.2 Å². The summed E-state index contributed by atoms with van der Waals surface area (Å²) >= 11 is 0. The Bertz CT molecular complexity index is 657. The van der Waals surface area contributed by atoms with Crippen molar-refractivity contribution in [3.63, 3.8) is 0 Å². The molecule has 0 heterocycles. The van der Waals surface area contributed by atoms with E-state index in [1.807, 2.05) is 13.8 Å². The monoisotopic (exact) mass is 391 g/mol. The van der Waals surface area contributed by atoms with Crippen LogP contribution < -0.4 is 5.32 Å². The molecule has 152 valence electrons. The standard InChI is InChI=1S/C19H25F4NO3/c1-11(2)6-5-9-27-18(26)16(12(3)4)24-17(25)13-7-8-14(15(20)10-13)19(21,22)23/h7-8,10-12,16H,5-6,9H2,1-4H3,(H,24,25). The minimum absolute atomic E-state index is 0.213. The highest BCUT2D eigenvalue weighted by atomic mass is 19.4. The number of carbonyl (C=O) groups excluding carboxylic acids is 2. The number of hydrogen-bond donors (Lipinski definition) is 1. The number of benzene rings is 1. The zero-order valence-corrected chi connectivity index (χ0v) is 15.8. The molecule has 1 aromatic rings. The van der Waals surface area contributed by atoms with Crippen LogP contribution in [0.1, 0.15) is 56.5 Å². The summed E-state index contributed by atoms with van der Waals surface area (Å²) in [7, 11) is 0. The zero-order chi connectivity index (χ0) is 20.8. The predicted octanol–water partition coefficient (Wildman–Crippen LogP) is 4.58. The van der Waals surface area contributed by atoms with Crippen molar-refractivity contribution in [2.24, 2.45) is 11.8 Å². The molecule has 1 rings (SSSR count). The van der Waals surface area contributed by atoms with Gasteiger partial charge in [0.15, 0.2) is 0 Å². The number of esters is 1. The van der Waals surface area contributed by atoms with Crippen molar-refractivity contribution in [2.75, 3.05) is 6.61 Å². The van der Waals surface area contributed by atoms with Gasteiger partial charge in [-0.05, 0) is 42.9 Å². The fourth-order valence-corrected chi connectivity index (χ4v) is 2.36. The van der Waals surface area contributed by atoms with Crippen LogP contribution in [0.15, 0.2) is 18.2 Å². The highest BCUT2D eigenvalue weighted by Gasteiger charge is 2.34. The largest absolute Gasteiger partial charge is 0.464 e. The Morgan fingerprint density at radius 1 is 1.15 bits per heavy atom. The average molecular weight is 391 g/mol. The van der Waals surface area contributed by atoms with Gasteiger partial charge in [-0.25, -0.2) is 9.18 Å². The van der Waals surface area contributed by atoms with Crippen LogP contribution in [0, 0.1) is 17.7 Å². The summed E-state index contributed by atoms with van der Waals surface area (Å²) in [5, 5.41) is 2.41. The topological polar surface area (TPSA) is 55.4 Å². The summed E-state index contributed by atoms with van der Waals surface area (Å²) in [6, 6.07) is 0.886. The van der Waals surface area contributed by atoms with Crippen molar-refractivity contribution in [1.29, 1.82) is 0 Å². The van der Waals surface area contributed by atoms with Crippen LogP contribution in [-0.4, -0.2) is 24.5 Å². The van der Waals surface area contributed by atoms with Crippen molar-refractivity contribution in [2.45, 2.75) is 52.8 Å². The fourth-order valence-electron chi connectivity index (χ4n) is 2.36. The molecule has 0 saturated heterocycles. The Morgan fingerprint density at radius 3 is 2.26 bits per heavy atom. The van der Waals surface area contributed by atoms with Crippen LogP contribution in [0.5, 0.6) is 0 Å². The Balaban J connectivity index is 2.78. The third kappa shape index (κ3) is 7.19. The molecule has 0 radical (unpaired) electrons. The lowest BCUT2D eigenvalue weighted by atomic mass is 10.0. The second-order valence-corrected chi connectivity index (χ2v) is 7.09. The maximum absolute atomic E-state index is 13.6. The van der Waals surface area contributed by atoms with Crippen molar-refractivity contribution >= 4 is 11.9 Å². The van der Waals surface area contributed by atoms with Gasteiger partial charge in [-0.3, -0.25) is 4.79 Å². The van der Waals surface area contributed by atoms with Crippen LogP contribution in [0.3, 0.4) is 0 Å². The van der Waals surface area contributed by atoms with Gasteiger partial charge < -0.3 is 10.1 Å². The maximum Gasteiger partial charge on any atom is 0.419 e. The molecule has 1 unspecified atom stereocenters. The molecule has 0 aliphatic rings. The quantitative estimate of drug-likeness (QED) is 0.401. The van der Waals surface area contributed by atoms with Crippen LogP contribution in [0.25, 0.3) is 0 Å². The van der Waals surface area contributed by atoms with Gasteiger partial charge in [0.25, 0.3) is 5.91 Å². The summed E-state index contributed by atoms with van der Waals surface area (Å²) in [4.78, 5) is 24.4. The van der Waals surface area contributed by atoms with Crippen molar-refractivity contribution in [3.8, 4) is 0 Å². The van der Waals surface area contributed by atoms with E-state index in [2.05, 4.69) is 5.32 Å². The maximum atomic E-state index is 13.6. The summed E-state index contributed by atoms with van der Waals surface area (Å²) in [5.41, 5.74) is -1.76. The molecule has 4 nitrogen and oxygen atoms in total. The molecule has 27 heavy (non-hydrogen) atoms. The third-order valence-electron chi connectivity index (χ3n) is 3.91. The average Bonchev–Trinajstić information content (AvgIpc) is 2.54. The van der Waals surface area contributed by atoms with Gasteiger partial charge in [0.1, 0.15) is 11.9 Å². The molecule has 8 heteroatoms. The number of hydrogen-bond acceptors (Lipinski definition) is 3. The molecule has 0 saturated carbocycles. The minimum Gasteiger partial charge on any atom is -0.464 e. The smallest absolute Gasteiger partial charge is 0.419 e. The molecule has 1 N–H and O–H groups in total. The third-order valence-corrected chi connectivity index (χ3v) is 3.91. The Morgan fingerprint density at radius 2 is 1.78 bits per heavy atom. The Hall–Kier alpha value is -2.12. The lowest BCUT2D eigenvalue weighted by Crippen LogP contribution is -2.45. The molecule has 1 aromatic carbocycles. The molecule has 0 aromatic heterocycles. The van der Waals surface area contributed by atoms with E-state index in [4.69, 9.17) is 4.74 Å². The van der Waals surface area contributed by atoms with Crippen LogP contribution in [0.2, 0.25) is 0 Å². The molecule has 0 bridgehead atoms. The second kappa shape index (κ2) is 9.71. The van der Waals surface area contributed by atoms with E-state index < -0.39 is 35.5 Å². The van der Waals surface area contributed by atoms with E-state index in [-0.39, 0.29) is 18.1 Å². The Labute approximate surface area is 156 Å². The van der Waals surface area contributed by atoms with E-state index in [1.165, 1.54) is 0 Å². The van der Waals surface area contributed by atoms with Gasteiger partial charge in [-0.15, -0.1) is 0 Å². The van der Waals surface area contributed by atoms with Gasteiger partial charge in [-0.2, -0.15) is 13.2 Å². The minimum atomic E-state index is -4.85. The number of ether oxygens (including phenoxy) is 1. The molecular weight excluding hydrogens is 366 g/mol. The van der Waals surface area contributed by atoms with Crippen molar-refractivity contribution in [3.05, 3.63) is 35.1 Å². The molecule has 0 fully saturated rings. The summed E-state index contributed by atoms with van der Waals surface area (Å²) in [6.45, 7) is 7.68. The molecular formula is C19H25F4NO3. The lowest BCUT2D eigenvalue weighted by Gasteiger charge is -2.21. The van der Waals surface area contributed by atoms with E-state index in [0.29, 0.717) is 24.5 Å². The van der Waals surface area contributed by atoms with Gasteiger partial charge >= 0.3 is 12.1 Å². The molecule has 1 atom stereocenters. The number of carbonyl (C=O) groups is 2. The first-order valence-electron chi connectivity index (χ1n) is 8.77. The normalized spacial score (nSPS) is 13.0. The highest BCUT2D eigenvalue weighted by molar-refractivity contribution is 5.96. The van der Waals surface area contributed by atoms with E-state index >= 15 is 0 Å². The van der Waals surface area contributed by atoms with Crippen LogP contribution >= 0.6 is 0 Å². The van der Waals surface area contributed by atoms with Crippen LogP contribution in [-0.2, 0) is 15.7 Å². The van der Waals surface area contributed by atoms with E-state index in [0.717, 1.165) is 12.5 Å². The summed E-state index contributed by atoms with van der Waals surface area (Å²) in [5.74, 6) is -2.87. The fraction of sp³-hybridized carbons (Fsp3) is 0.579. The molecule has 1 amide bonds. The van der Waals surface area contributed by atoms with Gasteiger partial charge in [0.05, 0.1) is 12.2 Å². The van der Waals surface area contributed by atoms with Crippen molar-refractivity contribution < 1.29 is 31.9 Å². The first kappa shape index (κ1) is 22.9.